The quantitative estimate of drug-likeness (QED) is 0.529. The van der Waals surface area contributed by atoms with E-state index in [4.69, 9.17) is 0 Å². The third-order valence-corrected chi connectivity index (χ3v) is 6.72. The zero-order valence-corrected chi connectivity index (χ0v) is 22.2. The molecule has 0 saturated heterocycles. The summed E-state index contributed by atoms with van der Waals surface area (Å²) in [5.74, 6) is -1.21. The Labute approximate surface area is 208 Å². The number of halogens is 1. The summed E-state index contributed by atoms with van der Waals surface area (Å²) in [4.78, 5) is 27.7. The number of carbonyl (C=O) groups is 2. The van der Waals surface area contributed by atoms with Crippen LogP contribution in [-0.2, 0) is 26.2 Å². The lowest BCUT2D eigenvalue weighted by atomic mass is 10.1. The zero-order chi connectivity index (χ0) is 26.4. The molecule has 0 bridgehead atoms. The first-order valence-corrected chi connectivity index (χ1v) is 13.4. The van der Waals surface area contributed by atoms with Crippen LogP contribution < -0.4 is 9.62 Å². The molecule has 35 heavy (non-hydrogen) atoms. The summed E-state index contributed by atoms with van der Waals surface area (Å²) in [6.07, 6.45) is 1.17. The van der Waals surface area contributed by atoms with Crippen molar-refractivity contribution in [1.82, 2.24) is 10.2 Å². The molecule has 2 aromatic rings. The molecule has 192 valence electrons. The number of benzene rings is 2. The number of rotatable bonds is 10. The largest absolute Gasteiger partial charge is 0.350 e. The third kappa shape index (κ3) is 8.35. The summed E-state index contributed by atoms with van der Waals surface area (Å²) in [6.45, 7) is 9.41. The highest BCUT2D eigenvalue weighted by Crippen LogP contribution is 2.22. The second-order valence-electron chi connectivity index (χ2n) is 9.75. The molecule has 0 spiro atoms. The highest BCUT2D eigenvalue weighted by Gasteiger charge is 2.29. The maximum Gasteiger partial charge on any atom is 0.242 e. The summed E-state index contributed by atoms with van der Waals surface area (Å²) in [5, 5.41) is 2.91. The van der Waals surface area contributed by atoms with Gasteiger partial charge in [-0.3, -0.25) is 13.9 Å². The van der Waals surface area contributed by atoms with Gasteiger partial charge in [0.2, 0.25) is 21.8 Å². The summed E-state index contributed by atoms with van der Waals surface area (Å²) in [7, 11) is -3.76. The van der Waals surface area contributed by atoms with Gasteiger partial charge in [-0.2, -0.15) is 0 Å². The molecule has 0 heterocycles. The van der Waals surface area contributed by atoms with Gasteiger partial charge in [0.25, 0.3) is 0 Å². The number of aryl methyl sites for hydroxylation is 1. The summed E-state index contributed by atoms with van der Waals surface area (Å²) in [6, 6.07) is 12.5. The molecule has 9 heteroatoms. The van der Waals surface area contributed by atoms with Crippen molar-refractivity contribution in [2.75, 3.05) is 17.1 Å². The van der Waals surface area contributed by atoms with Crippen molar-refractivity contribution >= 4 is 27.5 Å². The van der Waals surface area contributed by atoms with E-state index < -0.39 is 27.4 Å². The van der Waals surface area contributed by atoms with E-state index in [-0.39, 0.29) is 43.4 Å². The topological polar surface area (TPSA) is 86.8 Å². The fourth-order valence-corrected chi connectivity index (χ4v) is 4.63. The highest BCUT2D eigenvalue weighted by molar-refractivity contribution is 7.92. The Morgan fingerprint density at radius 2 is 1.66 bits per heavy atom. The molecule has 0 fully saturated rings. The lowest BCUT2D eigenvalue weighted by molar-refractivity contribution is -0.141. The van der Waals surface area contributed by atoms with Gasteiger partial charge < -0.3 is 10.2 Å². The molecule has 2 rings (SSSR count). The standard InChI is InChI=1S/C26H36FN3O4S/c1-19-12-7-8-13-21(19)18-29(20(2)25(32)28-26(3,4)5)24(31)16-11-17-30(35(6,33)34)23-15-10-9-14-22(23)27/h7-10,12-15,20H,11,16-18H2,1-6H3,(H,28,32)/t20-/m1/s1. The van der Waals surface area contributed by atoms with E-state index in [1.165, 1.54) is 23.1 Å². The average molecular weight is 506 g/mol. The molecule has 2 amide bonds. The Hall–Kier alpha value is -2.94. The minimum absolute atomic E-state index is 0.000504. The third-order valence-electron chi connectivity index (χ3n) is 5.54. The summed E-state index contributed by atoms with van der Waals surface area (Å²) >= 11 is 0. The fourth-order valence-electron chi connectivity index (χ4n) is 3.66. The normalized spacial score (nSPS) is 12.7. The van der Waals surface area contributed by atoms with Crippen molar-refractivity contribution in [3.63, 3.8) is 0 Å². The molecule has 0 aliphatic carbocycles. The predicted octanol–water partition coefficient (Wildman–Crippen LogP) is 4.01. The van der Waals surface area contributed by atoms with E-state index in [1.807, 2.05) is 52.0 Å². The maximum absolute atomic E-state index is 14.3. The van der Waals surface area contributed by atoms with Crippen molar-refractivity contribution in [2.45, 2.75) is 65.6 Å². The van der Waals surface area contributed by atoms with Gasteiger partial charge in [-0.05, 0) is 64.3 Å². The van der Waals surface area contributed by atoms with E-state index in [0.29, 0.717) is 0 Å². The molecule has 0 radical (unpaired) electrons. The van der Waals surface area contributed by atoms with Crippen LogP contribution in [0.4, 0.5) is 10.1 Å². The SMILES string of the molecule is Cc1ccccc1CN(C(=O)CCCN(c1ccccc1F)S(C)(=O)=O)[C@H](C)C(=O)NC(C)(C)C. The molecular weight excluding hydrogens is 469 g/mol. The molecule has 1 atom stereocenters. The van der Waals surface area contributed by atoms with Gasteiger partial charge in [0, 0.05) is 25.0 Å². The number of nitrogens with one attached hydrogen (secondary N) is 1. The average Bonchev–Trinajstić information content (AvgIpc) is 2.74. The molecule has 0 aliphatic rings. The Morgan fingerprint density at radius 1 is 1.06 bits per heavy atom. The number of nitrogens with zero attached hydrogens (tertiary/aromatic N) is 2. The molecule has 0 unspecified atom stereocenters. The second kappa shape index (κ2) is 11.7. The fraction of sp³-hybridized carbons (Fsp3) is 0.462. The smallest absolute Gasteiger partial charge is 0.242 e. The van der Waals surface area contributed by atoms with Crippen LogP contribution in [0.2, 0.25) is 0 Å². The van der Waals surface area contributed by atoms with Crippen LogP contribution in [0.25, 0.3) is 0 Å². The van der Waals surface area contributed by atoms with Gasteiger partial charge in [0.05, 0.1) is 11.9 Å². The van der Waals surface area contributed by atoms with Crippen molar-refractivity contribution in [2.24, 2.45) is 0 Å². The monoisotopic (exact) mass is 505 g/mol. The zero-order valence-electron chi connectivity index (χ0n) is 21.3. The van der Waals surface area contributed by atoms with E-state index in [0.717, 1.165) is 21.7 Å². The molecule has 7 nitrogen and oxygen atoms in total. The Kier molecular flexibility index (Phi) is 9.43. The molecular formula is C26H36FN3O4S. The van der Waals surface area contributed by atoms with E-state index >= 15 is 0 Å². The molecule has 0 aliphatic heterocycles. The van der Waals surface area contributed by atoms with Gasteiger partial charge in [-0.25, -0.2) is 12.8 Å². The van der Waals surface area contributed by atoms with Gasteiger partial charge >= 0.3 is 0 Å². The van der Waals surface area contributed by atoms with Crippen molar-refractivity contribution in [1.29, 1.82) is 0 Å². The Balaban J connectivity index is 2.21. The highest BCUT2D eigenvalue weighted by atomic mass is 32.2. The number of hydrogen-bond acceptors (Lipinski definition) is 4. The first-order valence-electron chi connectivity index (χ1n) is 11.6. The molecule has 2 aromatic carbocycles. The Bertz CT molecular complexity index is 1150. The first kappa shape index (κ1) is 28.3. The number of carbonyl (C=O) groups excluding carboxylic acids is 2. The molecule has 0 saturated carbocycles. The van der Waals surface area contributed by atoms with E-state index in [2.05, 4.69) is 5.32 Å². The van der Waals surface area contributed by atoms with Gasteiger partial charge in [0.15, 0.2) is 0 Å². The predicted molar refractivity (Wildman–Crippen MR) is 137 cm³/mol. The maximum atomic E-state index is 14.3. The van der Waals surface area contributed by atoms with Crippen LogP contribution in [0, 0.1) is 12.7 Å². The van der Waals surface area contributed by atoms with Gasteiger partial charge in [-0.1, -0.05) is 36.4 Å². The lowest BCUT2D eigenvalue weighted by Gasteiger charge is -2.32. The van der Waals surface area contributed by atoms with E-state index in [9.17, 15) is 22.4 Å². The molecule has 0 aromatic heterocycles. The van der Waals surface area contributed by atoms with E-state index in [1.54, 1.807) is 13.0 Å². The summed E-state index contributed by atoms with van der Waals surface area (Å²) in [5.41, 5.74) is 1.40. The van der Waals surface area contributed by atoms with Gasteiger partial charge in [0.1, 0.15) is 11.9 Å². The van der Waals surface area contributed by atoms with Crippen LogP contribution in [0.15, 0.2) is 48.5 Å². The van der Waals surface area contributed by atoms with Crippen molar-refractivity contribution < 1.29 is 22.4 Å². The van der Waals surface area contributed by atoms with Crippen molar-refractivity contribution in [3.8, 4) is 0 Å². The van der Waals surface area contributed by atoms with Gasteiger partial charge in [-0.15, -0.1) is 0 Å². The number of amides is 2. The van der Waals surface area contributed by atoms with Crippen LogP contribution >= 0.6 is 0 Å². The number of sulfonamides is 1. The summed E-state index contributed by atoms with van der Waals surface area (Å²) < 4.78 is 39.9. The van der Waals surface area contributed by atoms with Crippen LogP contribution in [-0.4, -0.2) is 49.5 Å². The second-order valence-corrected chi connectivity index (χ2v) is 11.7. The lowest BCUT2D eigenvalue weighted by Crippen LogP contribution is -2.52. The minimum Gasteiger partial charge on any atom is -0.350 e. The van der Waals surface area contributed by atoms with Crippen molar-refractivity contribution in [3.05, 3.63) is 65.5 Å². The van der Waals surface area contributed by atoms with Crippen LogP contribution in [0.1, 0.15) is 51.7 Å². The number of para-hydroxylation sites is 1. The number of anilines is 1. The first-order chi connectivity index (χ1) is 16.2. The van der Waals surface area contributed by atoms with Crippen LogP contribution in [0.5, 0.6) is 0 Å². The minimum atomic E-state index is -3.76. The van der Waals surface area contributed by atoms with Crippen LogP contribution in [0.3, 0.4) is 0 Å². The number of hydrogen-bond donors (Lipinski definition) is 1. The Morgan fingerprint density at radius 3 is 2.23 bits per heavy atom. The molecule has 1 N–H and O–H groups in total.